The first-order chi connectivity index (χ1) is 10.6. The molecule has 0 N–H and O–H groups in total. The van der Waals surface area contributed by atoms with Gasteiger partial charge in [0.2, 0.25) is 10.0 Å². The molecule has 1 amide bonds. The molecule has 0 saturated carbocycles. The van der Waals surface area contributed by atoms with Crippen molar-refractivity contribution >= 4 is 38.7 Å². The van der Waals surface area contributed by atoms with Crippen molar-refractivity contribution in [2.75, 3.05) is 26.2 Å². The summed E-state index contributed by atoms with van der Waals surface area (Å²) >= 11 is 2.13. The average molecular weight is 452 g/mol. The number of nitrogens with zero attached hydrogens (tertiary/aromatic N) is 2. The summed E-state index contributed by atoms with van der Waals surface area (Å²) < 4.78 is 32.9. The van der Waals surface area contributed by atoms with Gasteiger partial charge in [0.1, 0.15) is 5.60 Å². The Morgan fingerprint density at radius 3 is 2.09 bits per heavy atom. The van der Waals surface area contributed by atoms with Gasteiger partial charge >= 0.3 is 6.09 Å². The van der Waals surface area contributed by atoms with Crippen molar-refractivity contribution in [3.05, 3.63) is 27.8 Å². The van der Waals surface area contributed by atoms with Crippen LogP contribution >= 0.6 is 22.6 Å². The van der Waals surface area contributed by atoms with E-state index < -0.39 is 21.7 Å². The predicted molar refractivity (Wildman–Crippen MR) is 95.7 cm³/mol. The summed E-state index contributed by atoms with van der Waals surface area (Å²) in [6.07, 6.45) is -0.399. The molecular formula is C15H21IN2O4S. The molecule has 1 aromatic rings. The standard InChI is InChI=1S/C15H21IN2O4S/c1-15(2,3)22-14(19)17-8-10-18(11-9-17)23(20,21)13-6-4-12(16)5-7-13/h4-7H,8-11H2,1-3H3. The van der Waals surface area contributed by atoms with Gasteiger partial charge in [-0.3, -0.25) is 0 Å². The number of rotatable bonds is 2. The van der Waals surface area contributed by atoms with Crippen LogP contribution in [0.2, 0.25) is 0 Å². The fourth-order valence-corrected chi connectivity index (χ4v) is 3.97. The number of sulfonamides is 1. The zero-order valence-corrected chi connectivity index (χ0v) is 16.4. The molecule has 0 atom stereocenters. The zero-order valence-electron chi connectivity index (χ0n) is 13.5. The number of carbonyl (C=O) groups excluding carboxylic acids is 1. The molecule has 1 fully saturated rings. The van der Waals surface area contributed by atoms with Gasteiger partial charge in [0.15, 0.2) is 0 Å². The van der Waals surface area contributed by atoms with Gasteiger partial charge in [0, 0.05) is 29.7 Å². The van der Waals surface area contributed by atoms with Crippen molar-refractivity contribution in [2.45, 2.75) is 31.3 Å². The van der Waals surface area contributed by atoms with E-state index in [-0.39, 0.29) is 18.0 Å². The topological polar surface area (TPSA) is 66.9 Å². The van der Waals surface area contributed by atoms with E-state index in [2.05, 4.69) is 22.6 Å². The van der Waals surface area contributed by atoms with Crippen molar-refractivity contribution in [1.29, 1.82) is 0 Å². The van der Waals surface area contributed by atoms with E-state index in [0.29, 0.717) is 13.1 Å². The molecule has 0 radical (unpaired) electrons. The molecule has 1 aliphatic rings. The molecular weight excluding hydrogens is 431 g/mol. The summed E-state index contributed by atoms with van der Waals surface area (Å²) in [6, 6.07) is 6.75. The first-order valence-corrected chi connectivity index (χ1v) is 9.85. The number of hydrogen-bond donors (Lipinski definition) is 0. The molecule has 128 valence electrons. The van der Waals surface area contributed by atoms with Crippen molar-refractivity contribution < 1.29 is 17.9 Å². The Balaban J connectivity index is 2.01. The van der Waals surface area contributed by atoms with Gasteiger partial charge in [-0.25, -0.2) is 13.2 Å². The number of amides is 1. The van der Waals surface area contributed by atoms with Crippen molar-refractivity contribution in [3.63, 3.8) is 0 Å². The highest BCUT2D eigenvalue weighted by molar-refractivity contribution is 14.1. The number of hydrogen-bond acceptors (Lipinski definition) is 4. The predicted octanol–water partition coefficient (Wildman–Crippen LogP) is 2.53. The van der Waals surface area contributed by atoms with Crippen LogP contribution in [0.4, 0.5) is 4.79 Å². The van der Waals surface area contributed by atoms with E-state index in [1.807, 2.05) is 20.8 Å². The van der Waals surface area contributed by atoms with Crippen LogP contribution in [0.3, 0.4) is 0 Å². The second-order valence-electron chi connectivity index (χ2n) is 6.33. The van der Waals surface area contributed by atoms with Gasteiger partial charge in [-0.2, -0.15) is 4.31 Å². The second-order valence-corrected chi connectivity index (χ2v) is 9.51. The normalized spacial score (nSPS) is 17.1. The second kappa shape index (κ2) is 6.94. The van der Waals surface area contributed by atoms with Crippen LogP contribution in [0, 0.1) is 3.57 Å². The SMILES string of the molecule is CC(C)(C)OC(=O)N1CCN(S(=O)(=O)c2ccc(I)cc2)CC1. The fraction of sp³-hybridized carbons (Fsp3) is 0.533. The Morgan fingerprint density at radius 1 is 1.09 bits per heavy atom. The first kappa shape index (κ1) is 18.5. The largest absolute Gasteiger partial charge is 0.444 e. The van der Waals surface area contributed by atoms with E-state index in [0.717, 1.165) is 3.57 Å². The fourth-order valence-electron chi connectivity index (χ4n) is 2.19. The first-order valence-electron chi connectivity index (χ1n) is 7.33. The van der Waals surface area contributed by atoms with Crippen LogP contribution in [0.25, 0.3) is 0 Å². The molecule has 8 heteroatoms. The Morgan fingerprint density at radius 2 is 1.61 bits per heavy atom. The summed E-state index contributed by atoms with van der Waals surface area (Å²) in [6.45, 7) is 6.63. The summed E-state index contributed by atoms with van der Waals surface area (Å²) in [5.74, 6) is 0. The molecule has 0 bridgehead atoms. The number of piperazine rings is 1. The number of carbonyl (C=O) groups is 1. The lowest BCUT2D eigenvalue weighted by molar-refractivity contribution is 0.0192. The third kappa shape index (κ3) is 4.80. The van der Waals surface area contributed by atoms with Crippen molar-refractivity contribution in [2.24, 2.45) is 0 Å². The van der Waals surface area contributed by atoms with E-state index in [1.54, 1.807) is 29.2 Å². The van der Waals surface area contributed by atoms with Gasteiger partial charge in [-0.15, -0.1) is 0 Å². The Bertz CT molecular complexity index is 660. The van der Waals surface area contributed by atoms with E-state index in [1.165, 1.54) is 4.31 Å². The van der Waals surface area contributed by atoms with Crippen LogP contribution in [-0.4, -0.2) is 55.5 Å². The Kier molecular flexibility index (Phi) is 5.57. The minimum atomic E-state index is -3.51. The van der Waals surface area contributed by atoms with Crippen LogP contribution in [0.1, 0.15) is 20.8 Å². The number of ether oxygens (including phenoxy) is 1. The highest BCUT2D eigenvalue weighted by atomic mass is 127. The maximum atomic E-state index is 12.6. The maximum Gasteiger partial charge on any atom is 0.410 e. The highest BCUT2D eigenvalue weighted by Crippen LogP contribution is 2.19. The van der Waals surface area contributed by atoms with Crippen LogP contribution in [0.5, 0.6) is 0 Å². The highest BCUT2D eigenvalue weighted by Gasteiger charge is 2.31. The van der Waals surface area contributed by atoms with Gasteiger partial charge < -0.3 is 9.64 Å². The van der Waals surface area contributed by atoms with Gasteiger partial charge in [0.25, 0.3) is 0 Å². The van der Waals surface area contributed by atoms with E-state index in [9.17, 15) is 13.2 Å². The van der Waals surface area contributed by atoms with Crippen molar-refractivity contribution in [3.8, 4) is 0 Å². The molecule has 0 aliphatic carbocycles. The molecule has 6 nitrogen and oxygen atoms in total. The minimum Gasteiger partial charge on any atom is -0.444 e. The smallest absolute Gasteiger partial charge is 0.410 e. The third-order valence-corrected chi connectivity index (χ3v) is 5.97. The monoisotopic (exact) mass is 452 g/mol. The Hall–Kier alpha value is -0.870. The molecule has 1 saturated heterocycles. The lowest BCUT2D eigenvalue weighted by Crippen LogP contribution is -2.51. The van der Waals surface area contributed by atoms with E-state index in [4.69, 9.17) is 4.74 Å². The van der Waals surface area contributed by atoms with Crippen LogP contribution in [-0.2, 0) is 14.8 Å². The van der Waals surface area contributed by atoms with Gasteiger partial charge in [0.05, 0.1) is 4.90 Å². The molecule has 23 heavy (non-hydrogen) atoms. The molecule has 1 heterocycles. The lowest BCUT2D eigenvalue weighted by Gasteiger charge is -2.34. The van der Waals surface area contributed by atoms with Crippen LogP contribution < -0.4 is 0 Å². The summed E-state index contributed by atoms with van der Waals surface area (Å²) in [5, 5.41) is 0. The Labute approximate surface area is 151 Å². The molecule has 0 aromatic heterocycles. The van der Waals surface area contributed by atoms with Crippen molar-refractivity contribution in [1.82, 2.24) is 9.21 Å². The zero-order chi connectivity index (χ0) is 17.3. The summed E-state index contributed by atoms with van der Waals surface area (Å²) in [4.78, 5) is 13.8. The average Bonchev–Trinajstić information content (AvgIpc) is 2.46. The third-order valence-electron chi connectivity index (χ3n) is 3.34. The quantitative estimate of drug-likeness (QED) is 0.647. The summed E-state index contributed by atoms with van der Waals surface area (Å²) in [7, 11) is -3.51. The van der Waals surface area contributed by atoms with E-state index >= 15 is 0 Å². The van der Waals surface area contributed by atoms with Crippen LogP contribution in [0.15, 0.2) is 29.2 Å². The minimum absolute atomic E-state index is 0.271. The van der Waals surface area contributed by atoms with Gasteiger partial charge in [-0.1, -0.05) is 0 Å². The summed E-state index contributed by atoms with van der Waals surface area (Å²) in [5.41, 5.74) is -0.554. The molecule has 0 unspecified atom stereocenters. The molecule has 0 spiro atoms. The number of halogens is 1. The molecule has 1 aromatic carbocycles. The number of benzene rings is 1. The molecule has 1 aliphatic heterocycles. The van der Waals surface area contributed by atoms with Gasteiger partial charge in [-0.05, 0) is 67.6 Å². The maximum absolute atomic E-state index is 12.6. The lowest BCUT2D eigenvalue weighted by atomic mass is 10.2. The molecule has 2 rings (SSSR count).